The van der Waals surface area contributed by atoms with E-state index in [0.717, 1.165) is 31.5 Å². The van der Waals surface area contributed by atoms with Gasteiger partial charge in [0.25, 0.3) is 5.91 Å². The van der Waals surface area contributed by atoms with Crippen LogP contribution >= 0.6 is 0 Å². The van der Waals surface area contributed by atoms with Crippen LogP contribution in [0.2, 0.25) is 0 Å². The fourth-order valence-corrected chi connectivity index (χ4v) is 2.23. The van der Waals surface area contributed by atoms with Gasteiger partial charge in [0, 0.05) is 18.8 Å². The number of hydrogen-bond donors (Lipinski definition) is 1. The summed E-state index contributed by atoms with van der Waals surface area (Å²) < 4.78 is 5.05. The molecule has 1 saturated heterocycles. The first-order valence-corrected chi connectivity index (χ1v) is 6.39. The van der Waals surface area contributed by atoms with Crippen LogP contribution in [0.4, 0.5) is 5.69 Å². The molecule has 1 amide bonds. The summed E-state index contributed by atoms with van der Waals surface area (Å²) in [6.45, 7) is 3.08. The lowest BCUT2D eigenvalue weighted by Crippen LogP contribution is -2.32. The van der Waals surface area contributed by atoms with E-state index in [4.69, 9.17) is 10.5 Å². The van der Waals surface area contributed by atoms with Crippen molar-refractivity contribution in [1.82, 2.24) is 4.90 Å². The molecule has 1 aliphatic heterocycles. The van der Waals surface area contributed by atoms with Crippen molar-refractivity contribution in [3.63, 3.8) is 0 Å². The van der Waals surface area contributed by atoms with Crippen LogP contribution in [0, 0.1) is 6.92 Å². The van der Waals surface area contributed by atoms with E-state index in [2.05, 4.69) is 0 Å². The van der Waals surface area contributed by atoms with E-state index in [1.54, 1.807) is 30.0 Å². The average molecular weight is 262 g/mol. The number of nitrogens with two attached hydrogens (primary N) is 1. The van der Waals surface area contributed by atoms with Gasteiger partial charge in [0.05, 0.1) is 5.56 Å². The number of aryl methyl sites for hydroxylation is 1. The Labute approximate surface area is 112 Å². The van der Waals surface area contributed by atoms with Crippen LogP contribution in [0.5, 0.6) is 0 Å². The highest BCUT2D eigenvalue weighted by Crippen LogP contribution is 2.17. The molecule has 0 saturated carbocycles. The summed E-state index contributed by atoms with van der Waals surface area (Å²) in [4.78, 5) is 25.4. The van der Waals surface area contributed by atoms with Gasteiger partial charge in [0.2, 0.25) is 0 Å². The molecular formula is C14H18N2O3. The fourth-order valence-electron chi connectivity index (χ4n) is 2.23. The molecule has 102 valence electrons. The molecule has 0 atom stereocenters. The summed E-state index contributed by atoms with van der Waals surface area (Å²) in [6, 6.07) is 5.21. The van der Waals surface area contributed by atoms with E-state index in [-0.39, 0.29) is 12.5 Å². The predicted molar refractivity (Wildman–Crippen MR) is 71.7 cm³/mol. The number of likely N-dealkylation sites (tertiary alicyclic amines) is 1. The van der Waals surface area contributed by atoms with E-state index >= 15 is 0 Å². The molecule has 0 bridgehead atoms. The number of nitrogen functional groups attached to an aromatic ring is 1. The summed E-state index contributed by atoms with van der Waals surface area (Å²) >= 11 is 0. The molecule has 1 fully saturated rings. The Balaban J connectivity index is 1.96. The molecule has 2 rings (SSSR count). The zero-order valence-corrected chi connectivity index (χ0v) is 11.0. The standard InChI is InChI=1S/C14H18N2O3/c1-10-5-4-6-11(15)13(10)14(18)19-9-12(17)16-7-2-3-8-16/h4-6H,2-3,7-9,15H2,1H3. The van der Waals surface area contributed by atoms with Gasteiger partial charge in [-0.3, -0.25) is 4.79 Å². The Bertz CT molecular complexity index is 473. The van der Waals surface area contributed by atoms with Crippen LogP contribution in [0.1, 0.15) is 28.8 Å². The number of nitrogens with zero attached hydrogens (tertiary/aromatic N) is 1. The third-order valence-corrected chi connectivity index (χ3v) is 3.29. The first kappa shape index (κ1) is 13.4. The van der Waals surface area contributed by atoms with Gasteiger partial charge in [-0.15, -0.1) is 0 Å². The van der Waals surface area contributed by atoms with Crippen LogP contribution in [-0.4, -0.2) is 36.5 Å². The van der Waals surface area contributed by atoms with Crippen molar-refractivity contribution >= 4 is 17.6 Å². The summed E-state index contributed by atoms with van der Waals surface area (Å²) in [6.07, 6.45) is 2.04. The largest absolute Gasteiger partial charge is 0.452 e. The molecule has 0 aliphatic carbocycles. The van der Waals surface area contributed by atoms with E-state index in [9.17, 15) is 9.59 Å². The molecule has 5 nitrogen and oxygen atoms in total. The third-order valence-electron chi connectivity index (χ3n) is 3.29. The van der Waals surface area contributed by atoms with Gasteiger partial charge in [-0.25, -0.2) is 4.79 Å². The summed E-state index contributed by atoms with van der Waals surface area (Å²) in [5.41, 5.74) is 7.22. The Morgan fingerprint density at radius 1 is 1.32 bits per heavy atom. The summed E-state index contributed by atoms with van der Waals surface area (Å²) in [5.74, 6) is -0.679. The Morgan fingerprint density at radius 2 is 2.00 bits per heavy atom. The molecule has 19 heavy (non-hydrogen) atoms. The van der Waals surface area contributed by atoms with Gasteiger partial charge >= 0.3 is 5.97 Å². The number of ether oxygens (including phenoxy) is 1. The first-order chi connectivity index (χ1) is 9.09. The molecule has 0 spiro atoms. The van der Waals surface area contributed by atoms with Crippen molar-refractivity contribution in [2.24, 2.45) is 0 Å². The molecule has 2 N–H and O–H groups in total. The number of esters is 1. The second-order valence-corrected chi connectivity index (χ2v) is 4.70. The van der Waals surface area contributed by atoms with E-state index < -0.39 is 5.97 Å². The Morgan fingerprint density at radius 3 is 2.63 bits per heavy atom. The Hall–Kier alpha value is -2.04. The summed E-state index contributed by atoms with van der Waals surface area (Å²) in [5, 5.41) is 0. The highest BCUT2D eigenvalue weighted by molar-refractivity contribution is 5.97. The average Bonchev–Trinajstić information content (AvgIpc) is 2.89. The van der Waals surface area contributed by atoms with Gasteiger partial charge in [-0.05, 0) is 31.4 Å². The normalized spacial score (nSPS) is 14.5. The molecule has 1 aromatic carbocycles. The lowest BCUT2D eigenvalue weighted by atomic mass is 10.1. The quantitative estimate of drug-likeness (QED) is 0.659. The zero-order chi connectivity index (χ0) is 13.8. The highest BCUT2D eigenvalue weighted by Gasteiger charge is 2.20. The lowest BCUT2D eigenvalue weighted by molar-refractivity contribution is -0.133. The number of rotatable bonds is 3. The van der Waals surface area contributed by atoms with Crippen LogP contribution in [0.15, 0.2) is 18.2 Å². The number of hydrogen-bond acceptors (Lipinski definition) is 4. The number of benzene rings is 1. The zero-order valence-electron chi connectivity index (χ0n) is 11.0. The van der Waals surface area contributed by atoms with Crippen LogP contribution in [-0.2, 0) is 9.53 Å². The smallest absolute Gasteiger partial charge is 0.341 e. The minimum absolute atomic E-state index is 0.141. The van der Waals surface area contributed by atoms with Crippen molar-refractivity contribution in [3.8, 4) is 0 Å². The van der Waals surface area contributed by atoms with Crippen molar-refractivity contribution in [2.45, 2.75) is 19.8 Å². The molecule has 5 heteroatoms. The monoisotopic (exact) mass is 262 g/mol. The van der Waals surface area contributed by atoms with Crippen LogP contribution < -0.4 is 5.73 Å². The van der Waals surface area contributed by atoms with Crippen molar-refractivity contribution in [1.29, 1.82) is 0 Å². The van der Waals surface area contributed by atoms with E-state index in [0.29, 0.717) is 11.3 Å². The van der Waals surface area contributed by atoms with Crippen molar-refractivity contribution in [2.75, 3.05) is 25.4 Å². The molecule has 0 unspecified atom stereocenters. The maximum atomic E-state index is 11.9. The molecule has 1 heterocycles. The minimum Gasteiger partial charge on any atom is -0.452 e. The van der Waals surface area contributed by atoms with Gasteiger partial charge in [-0.2, -0.15) is 0 Å². The molecule has 1 aliphatic rings. The van der Waals surface area contributed by atoms with Crippen LogP contribution in [0.3, 0.4) is 0 Å². The topological polar surface area (TPSA) is 72.6 Å². The fraction of sp³-hybridized carbons (Fsp3) is 0.429. The SMILES string of the molecule is Cc1cccc(N)c1C(=O)OCC(=O)N1CCCC1. The first-order valence-electron chi connectivity index (χ1n) is 6.39. The molecule has 1 aromatic rings. The number of amides is 1. The number of carbonyl (C=O) groups excluding carboxylic acids is 2. The van der Waals surface area contributed by atoms with Crippen LogP contribution in [0.25, 0.3) is 0 Å². The minimum atomic E-state index is -0.539. The number of carbonyl (C=O) groups is 2. The maximum absolute atomic E-state index is 11.9. The van der Waals surface area contributed by atoms with E-state index in [1.807, 2.05) is 0 Å². The third kappa shape index (κ3) is 3.05. The van der Waals surface area contributed by atoms with E-state index in [1.165, 1.54) is 0 Å². The lowest BCUT2D eigenvalue weighted by Gasteiger charge is -2.15. The van der Waals surface area contributed by atoms with Gasteiger partial charge < -0.3 is 15.4 Å². The molecule has 0 aromatic heterocycles. The summed E-state index contributed by atoms with van der Waals surface area (Å²) in [7, 11) is 0. The molecule has 0 radical (unpaired) electrons. The molecular weight excluding hydrogens is 244 g/mol. The number of anilines is 1. The predicted octanol–water partition coefficient (Wildman–Crippen LogP) is 1.36. The second kappa shape index (κ2) is 5.73. The highest BCUT2D eigenvalue weighted by atomic mass is 16.5. The van der Waals surface area contributed by atoms with Crippen molar-refractivity contribution < 1.29 is 14.3 Å². The second-order valence-electron chi connectivity index (χ2n) is 4.70. The van der Waals surface area contributed by atoms with Gasteiger partial charge in [0.15, 0.2) is 6.61 Å². The van der Waals surface area contributed by atoms with Gasteiger partial charge in [0.1, 0.15) is 0 Å². The van der Waals surface area contributed by atoms with Gasteiger partial charge in [-0.1, -0.05) is 12.1 Å². The Kier molecular flexibility index (Phi) is 4.04. The maximum Gasteiger partial charge on any atom is 0.341 e. The van der Waals surface area contributed by atoms with Crippen molar-refractivity contribution in [3.05, 3.63) is 29.3 Å².